The Labute approximate surface area is 201 Å². The molecule has 3 aromatic rings. The standard InChI is InChI=1S/C28H33N3O3/c1-2-34-25-12-10-24(11-13-25)26-14-15-28(33)31(29-26)18-6-9-27(32)30-19-16-23(17-20-30)21-22-7-4-3-5-8-22/h3-5,7-8,10-15,23H,2,6,9,16-21H2,1H3. The molecule has 1 amide bonds. The smallest absolute Gasteiger partial charge is 0.266 e. The van der Waals surface area contributed by atoms with Crippen LogP contribution in [-0.2, 0) is 17.8 Å². The maximum atomic E-state index is 12.7. The molecule has 0 spiro atoms. The zero-order valence-corrected chi connectivity index (χ0v) is 19.9. The highest BCUT2D eigenvalue weighted by Gasteiger charge is 2.22. The molecular formula is C28H33N3O3. The predicted octanol–water partition coefficient (Wildman–Crippen LogP) is 4.57. The third-order valence-corrected chi connectivity index (χ3v) is 6.42. The van der Waals surface area contributed by atoms with Crippen LogP contribution in [0.5, 0.6) is 5.75 Å². The number of nitrogens with zero attached hydrogens (tertiary/aromatic N) is 3. The van der Waals surface area contributed by atoms with Crippen LogP contribution >= 0.6 is 0 Å². The number of carbonyl (C=O) groups is 1. The molecule has 0 radical (unpaired) electrons. The van der Waals surface area contributed by atoms with Gasteiger partial charge in [0.1, 0.15) is 5.75 Å². The average molecular weight is 460 g/mol. The highest BCUT2D eigenvalue weighted by atomic mass is 16.5. The third kappa shape index (κ3) is 6.34. The van der Waals surface area contributed by atoms with Gasteiger partial charge >= 0.3 is 0 Å². The quantitative estimate of drug-likeness (QED) is 0.470. The van der Waals surface area contributed by atoms with Crippen LogP contribution in [0.25, 0.3) is 11.3 Å². The SMILES string of the molecule is CCOc1ccc(-c2ccc(=O)n(CCCC(=O)N3CCC(Cc4ccccc4)CC3)n2)cc1. The molecule has 1 aliphatic heterocycles. The van der Waals surface area contributed by atoms with E-state index in [1.807, 2.05) is 42.2 Å². The molecule has 0 aliphatic carbocycles. The summed E-state index contributed by atoms with van der Waals surface area (Å²) in [5.74, 6) is 1.62. The number of ether oxygens (including phenoxy) is 1. The summed E-state index contributed by atoms with van der Waals surface area (Å²) in [5, 5.41) is 4.52. The van der Waals surface area contributed by atoms with Crippen molar-refractivity contribution in [3.8, 4) is 17.0 Å². The van der Waals surface area contributed by atoms with E-state index in [-0.39, 0.29) is 11.5 Å². The normalized spacial score (nSPS) is 14.2. The fourth-order valence-corrected chi connectivity index (χ4v) is 4.52. The van der Waals surface area contributed by atoms with E-state index in [9.17, 15) is 9.59 Å². The fourth-order valence-electron chi connectivity index (χ4n) is 4.52. The van der Waals surface area contributed by atoms with Crippen molar-refractivity contribution in [2.45, 2.75) is 45.6 Å². The first-order valence-corrected chi connectivity index (χ1v) is 12.3. The molecule has 1 fully saturated rings. The van der Waals surface area contributed by atoms with Crippen molar-refractivity contribution >= 4 is 5.91 Å². The summed E-state index contributed by atoms with van der Waals surface area (Å²) in [5.41, 5.74) is 2.88. The van der Waals surface area contributed by atoms with Gasteiger partial charge in [0, 0.05) is 37.7 Å². The number of aryl methyl sites for hydroxylation is 1. The first kappa shape index (κ1) is 23.7. The summed E-state index contributed by atoms with van der Waals surface area (Å²) in [6.07, 6.45) is 4.22. The lowest BCUT2D eigenvalue weighted by Crippen LogP contribution is -2.39. The van der Waals surface area contributed by atoms with Crippen molar-refractivity contribution in [3.05, 3.63) is 82.6 Å². The zero-order valence-electron chi connectivity index (χ0n) is 19.9. The van der Waals surface area contributed by atoms with Gasteiger partial charge in [0.25, 0.3) is 5.56 Å². The Bertz CT molecular complexity index is 1120. The molecule has 0 bridgehead atoms. The van der Waals surface area contributed by atoms with E-state index >= 15 is 0 Å². The second kappa shape index (κ2) is 11.6. The molecular weight excluding hydrogens is 426 g/mol. The lowest BCUT2D eigenvalue weighted by Gasteiger charge is -2.32. The predicted molar refractivity (Wildman–Crippen MR) is 134 cm³/mol. The second-order valence-corrected chi connectivity index (χ2v) is 8.85. The van der Waals surface area contributed by atoms with Crippen LogP contribution in [0.2, 0.25) is 0 Å². The van der Waals surface area contributed by atoms with Crippen LogP contribution in [0, 0.1) is 5.92 Å². The monoisotopic (exact) mass is 459 g/mol. The molecule has 1 saturated heterocycles. The van der Waals surface area contributed by atoms with E-state index in [1.165, 1.54) is 16.3 Å². The average Bonchev–Trinajstić information content (AvgIpc) is 2.87. The first-order chi connectivity index (χ1) is 16.6. The summed E-state index contributed by atoms with van der Waals surface area (Å²) < 4.78 is 6.95. The van der Waals surface area contributed by atoms with E-state index in [2.05, 4.69) is 29.4 Å². The number of piperidine rings is 1. The number of aromatic nitrogens is 2. The van der Waals surface area contributed by atoms with Crippen LogP contribution < -0.4 is 10.3 Å². The lowest BCUT2D eigenvalue weighted by atomic mass is 9.90. The van der Waals surface area contributed by atoms with Gasteiger partial charge in [0.05, 0.1) is 12.3 Å². The van der Waals surface area contributed by atoms with Gasteiger partial charge in [-0.1, -0.05) is 30.3 Å². The third-order valence-electron chi connectivity index (χ3n) is 6.42. The number of benzene rings is 2. The van der Waals surface area contributed by atoms with Crippen molar-refractivity contribution in [1.29, 1.82) is 0 Å². The van der Waals surface area contributed by atoms with E-state index < -0.39 is 0 Å². The molecule has 0 N–H and O–H groups in total. The van der Waals surface area contributed by atoms with Crippen LogP contribution in [0.4, 0.5) is 0 Å². The van der Waals surface area contributed by atoms with Crippen molar-refractivity contribution in [3.63, 3.8) is 0 Å². The van der Waals surface area contributed by atoms with Crippen LogP contribution in [-0.4, -0.2) is 40.3 Å². The summed E-state index contributed by atoms with van der Waals surface area (Å²) in [6, 6.07) is 21.5. The van der Waals surface area contributed by atoms with Crippen LogP contribution in [0.3, 0.4) is 0 Å². The maximum absolute atomic E-state index is 12.7. The maximum Gasteiger partial charge on any atom is 0.266 e. The number of carbonyl (C=O) groups excluding carboxylic acids is 1. The van der Waals surface area contributed by atoms with E-state index in [0.29, 0.717) is 31.9 Å². The summed E-state index contributed by atoms with van der Waals surface area (Å²) in [6.45, 7) is 4.64. The van der Waals surface area contributed by atoms with Crippen LogP contribution in [0.15, 0.2) is 71.5 Å². The molecule has 6 nitrogen and oxygen atoms in total. The van der Waals surface area contributed by atoms with Crippen molar-refractivity contribution in [2.24, 2.45) is 5.92 Å². The Morgan fingerprint density at radius 3 is 2.44 bits per heavy atom. The van der Waals surface area contributed by atoms with Gasteiger partial charge in [-0.05, 0) is 74.4 Å². The van der Waals surface area contributed by atoms with Crippen molar-refractivity contribution in [1.82, 2.24) is 14.7 Å². The van der Waals surface area contributed by atoms with Gasteiger partial charge in [-0.25, -0.2) is 4.68 Å². The van der Waals surface area contributed by atoms with Gasteiger partial charge in [0.15, 0.2) is 0 Å². The van der Waals surface area contributed by atoms with E-state index in [4.69, 9.17) is 4.74 Å². The number of rotatable bonds is 9. The minimum absolute atomic E-state index is 0.149. The molecule has 178 valence electrons. The van der Waals surface area contributed by atoms with E-state index in [0.717, 1.165) is 49.4 Å². The molecule has 0 atom stereocenters. The Morgan fingerprint density at radius 1 is 1.00 bits per heavy atom. The number of hydrogen-bond donors (Lipinski definition) is 0. The number of hydrogen-bond acceptors (Lipinski definition) is 4. The Kier molecular flexibility index (Phi) is 8.12. The molecule has 4 rings (SSSR count). The fraction of sp³-hybridized carbons (Fsp3) is 0.393. The second-order valence-electron chi connectivity index (χ2n) is 8.85. The summed E-state index contributed by atoms with van der Waals surface area (Å²) >= 11 is 0. The Balaban J connectivity index is 1.26. The number of amides is 1. The Hall–Kier alpha value is -3.41. The molecule has 0 unspecified atom stereocenters. The molecule has 6 heteroatoms. The highest BCUT2D eigenvalue weighted by molar-refractivity contribution is 5.76. The summed E-state index contributed by atoms with van der Waals surface area (Å²) in [4.78, 5) is 27.0. The van der Waals surface area contributed by atoms with Crippen LogP contribution in [0.1, 0.15) is 38.2 Å². The molecule has 2 aromatic carbocycles. The largest absolute Gasteiger partial charge is 0.494 e. The first-order valence-electron chi connectivity index (χ1n) is 12.3. The highest BCUT2D eigenvalue weighted by Crippen LogP contribution is 2.23. The van der Waals surface area contributed by atoms with Gasteiger partial charge in [-0.2, -0.15) is 5.10 Å². The minimum Gasteiger partial charge on any atom is -0.494 e. The van der Waals surface area contributed by atoms with Gasteiger partial charge in [-0.15, -0.1) is 0 Å². The molecule has 34 heavy (non-hydrogen) atoms. The summed E-state index contributed by atoms with van der Waals surface area (Å²) in [7, 11) is 0. The number of likely N-dealkylation sites (tertiary alicyclic amines) is 1. The Morgan fingerprint density at radius 2 is 1.74 bits per heavy atom. The molecule has 2 heterocycles. The topological polar surface area (TPSA) is 64.4 Å². The van der Waals surface area contributed by atoms with E-state index in [1.54, 1.807) is 6.07 Å². The lowest BCUT2D eigenvalue weighted by molar-refractivity contribution is -0.132. The van der Waals surface area contributed by atoms with Gasteiger partial charge in [-0.3, -0.25) is 9.59 Å². The molecule has 1 aliphatic rings. The zero-order chi connectivity index (χ0) is 23.8. The molecule has 0 saturated carbocycles. The van der Waals surface area contributed by atoms with Crippen molar-refractivity contribution < 1.29 is 9.53 Å². The van der Waals surface area contributed by atoms with Crippen molar-refractivity contribution in [2.75, 3.05) is 19.7 Å². The molecule has 1 aromatic heterocycles. The van der Waals surface area contributed by atoms with Gasteiger partial charge in [0.2, 0.25) is 5.91 Å². The minimum atomic E-state index is -0.149. The van der Waals surface area contributed by atoms with Gasteiger partial charge < -0.3 is 9.64 Å².